The summed E-state index contributed by atoms with van der Waals surface area (Å²) in [6.45, 7) is 1.39. The maximum Gasteiger partial charge on any atom is 0.252 e. The highest BCUT2D eigenvalue weighted by Crippen LogP contribution is 2.45. The smallest absolute Gasteiger partial charge is 0.252 e. The molecule has 4 atom stereocenters. The van der Waals surface area contributed by atoms with E-state index in [0.717, 1.165) is 0 Å². The van der Waals surface area contributed by atoms with Crippen molar-refractivity contribution in [2.24, 2.45) is 0 Å². The Balaban J connectivity index is 1.96. The number of aliphatic hydroxyl groups is 3. The highest BCUT2D eigenvalue weighted by atomic mass is 16.7. The highest BCUT2D eigenvalue weighted by molar-refractivity contribution is 6.07. The third-order valence-electron chi connectivity index (χ3n) is 4.74. The van der Waals surface area contributed by atoms with Gasteiger partial charge in [-0.3, -0.25) is 9.59 Å². The zero-order valence-electron chi connectivity index (χ0n) is 13.4. The summed E-state index contributed by atoms with van der Waals surface area (Å²) in [5.74, 6) is 0.142. The maximum absolute atomic E-state index is 12.7. The Morgan fingerprint density at radius 3 is 2.76 bits per heavy atom. The lowest BCUT2D eigenvalue weighted by Gasteiger charge is -2.39. The van der Waals surface area contributed by atoms with Gasteiger partial charge in [0.25, 0.3) is 5.91 Å². The third-order valence-corrected chi connectivity index (χ3v) is 4.74. The van der Waals surface area contributed by atoms with Gasteiger partial charge < -0.3 is 30.1 Å². The normalized spacial score (nSPS) is 29.4. The Morgan fingerprint density at radius 2 is 2.04 bits per heavy atom. The molecule has 1 aromatic carbocycles. The molecule has 0 saturated carbocycles. The van der Waals surface area contributed by atoms with Gasteiger partial charge in [0.15, 0.2) is 11.5 Å². The number of carbonyl (C=O) groups excluding carboxylic acids is 2. The standard InChI is InChI=1S/C17H17NO7/c1-6(19)2-9-12-7(4-11-16(9)25-5-24-11)8-3-10(20)14(21)15(22)13(8)18-17(12)23/h3-4,10,13-15,20-22H,2,5H2,1H3,(H,18,23)/t10-,13+,14+,15-/m0/s1. The van der Waals surface area contributed by atoms with Crippen LogP contribution in [0, 0.1) is 0 Å². The number of aliphatic hydroxyl groups excluding tert-OH is 3. The summed E-state index contributed by atoms with van der Waals surface area (Å²) in [6, 6.07) is 0.750. The van der Waals surface area contributed by atoms with Gasteiger partial charge in [-0.1, -0.05) is 0 Å². The van der Waals surface area contributed by atoms with Crippen LogP contribution in [0.2, 0.25) is 0 Å². The van der Waals surface area contributed by atoms with Crippen LogP contribution in [0.1, 0.15) is 28.4 Å². The number of amides is 1. The van der Waals surface area contributed by atoms with Crippen LogP contribution < -0.4 is 14.8 Å². The molecule has 0 spiro atoms. The number of rotatable bonds is 2. The Bertz CT molecular complexity index is 816. The van der Waals surface area contributed by atoms with Crippen LogP contribution >= 0.6 is 0 Å². The molecule has 1 aliphatic carbocycles. The number of benzene rings is 1. The van der Waals surface area contributed by atoms with Gasteiger partial charge in [0.05, 0.1) is 11.6 Å². The number of carbonyl (C=O) groups is 2. The zero-order valence-corrected chi connectivity index (χ0v) is 13.4. The Hall–Kier alpha value is -2.42. The zero-order chi connectivity index (χ0) is 17.9. The summed E-state index contributed by atoms with van der Waals surface area (Å²) in [5, 5.41) is 32.7. The molecule has 0 aromatic heterocycles. The molecule has 2 aliphatic heterocycles. The molecule has 8 nitrogen and oxygen atoms in total. The van der Waals surface area contributed by atoms with E-state index in [9.17, 15) is 24.9 Å². The summed E-state index contributed by atoms with van der Waals surface area (Å²) in [4.78, 5) is 24.4. The lowest BCUT2D eigenvalue weighted by molar-refractivity contribution is -0.116. The molecule has 1 aromatic rings. The summed E-state index contributed by atoms with van der Waals surface area (Å²) in [5.41, 5.74) is 1.62. The van der Waals surface area contributed by atoms with Crippen molar-refractivity contribution in [3.8, 4) is 11.5 Å². The van der Waals surface area contributed by atoms with Crippen molar-refractivity contribution in [3.05, 3.63) is 28.8 Å². The van der Waals surface area contributed by atoms with Gasteiger partial charge in [-0.05, 0) is 30.2 Å². The van der Waals surface area contributed by atoms with E-state index in [1.807, 2.05) is 0 Å². The predicted molar refractivity (Wildman–Crippen MR) is 84.2 cm³/mol. The maximum atomic E-state index is 12.7. The van der Waals surface area contributed by atoms with Crippen molar-refractivity contribution in [2.45, 2.75) is 37.7 Å². The van der Waals surface area contributed by atoms with E-state index in [0.29, 0.717) is 28.2 Å². The minimum Gasteiger partial charge on any atom is -0.454 e. The molecule has 0 fully saturated rings. The molecular formula is C17H17NO7. The van der Waals surface area contributed by atoms with E-state index in [-0.39, 0.29) is 24.6 Å². The molecule has 4 rings (SSSR count). The number of Topliss-reactive ketones (excluding diaryl/α,β-unsaturated/α-hetero) is 1. The minimum absolute atomic E-state index is 0.00599. The molecule has 132 valence electrons. The highest BCUT2D eigenvalue weighted by Gasteiger charge is 2.44. The molecule has 0 radical (unpaired) electrons. The molecule has 0 saturated heterocycles. The van der Waals surface area contributed by atoms with Crippen LogP contribution in [-0.4, -0.2) is 58.2 Å². The second-order valence-corrected chi connectivity index (χ2v) is 6.44. The van der Waals surface area contributed by atoms with Crippen LogP contribution in [0.5, 0.6) is 11.5 Å². The molecule has 4 N–H and O–H groups in total. The number of ketones is 1. The van der Waals surface area contributed by atoms with Gasteiger partial charge in [0, 0.05) is 12.0 Å². The molecule has 0 bridgehead atoms. The number of ether oxygens (including phenoxy) is 2. The number of hydrogen-bond donors (Lipinski definition) is 4. The fourth-order valence-corrected chi connectivity index (χ4v) is 3.62. The first kappa shape index (κ1) is 16.1. The predicted octanol–water partition coefficient (Wildman–Crippen LogP) is -0.861. The second-order valence-electron chi connectivity index (χ2n) is 6.44. The van der Waals surface area contributed by atoms with Crippen molar-refractivity contribution in [3.63, 3.8) is 0 Å². The molecule has 2 heterocycles. The van der Waals surface area contributed by atoms with Crippen LogP contribution in [-0.2, 0) is 11.2 Å². The topological polar surface area (TPSA) is 125 Å². The first-order chi connectivity index (χ1) is 11.9. The minimum atomic E-state index is -1.40. The van der Waals surface area contributed by atoms with E-state index in [1.165, 1.54) is 13.0 Å². The van der Waals surface area contributed by atoms with Gasteiger partial charge in [-0.2, -0.15) is 0 Å². The summed E-state index contributed by atoms with van der Waals surface area (Å²) in [7, 11) is 0. The van der Waals surface area contributed by atoms with Crippen molar-refractivity contribution < 1.29 is 34.4 Å². The average molecular weight is 347 g/mol. The average Bonchev–Trinajstić information content (AvgIpc) is 3.02. The second kappa shape index (κ2) is 5.55. The Kier molecular flexibility index (Phi) is 3.57. The van der Waals surface area contributed by atoms with Gasteiger partial charge >= 0.3 is 0 Å². The van der Waals surface area contributed by atoms with Crippen molar-refractivity contribution in [1.29, 1.82) is 0 Å². The lowest BCUT2D eigenvalue weighted by Crippen LogP contribution is -2.57. The van der Waals surface area contributed by atoms with Gasteiger partial charge in [0.1, 0.15) is 24.1 Å². The SMILES string of the molecule is CC(=O)Cc1c2c(cc3c1C(=O)N[C@@H]1C3=C[C@H](O)[C@@H](O)[C@H]1O)OCO2. The summed E-state index contributed by atoms with van der Waals surface area (Å²) in [6.07, 6.45) is -2.63. The molecule has 8 heteroatoms. The molecule has 25 heavy (non-hydrogen) atoms. The van der Waals surface area contributed by atoms with Gasteiger partial charge in [0.2, 0.25) is 6.79 Å². The fourth-order valence-electron chi connectivity index (χ4n) is 3.62. The number of nitrogens with one attached hydrogen (secondary N) is 1. The van der Waals surface area contributed by atoms with E-state index in [2.05, 4.69) is 5.32 Å². The van der Waals surface area contributed by atoms with E-state index in [1.54, 1.807) is 6.07 Å². The first-order valence-corrected chi connectivity index (χ1v) is 7.90. The Morgan fingerprint density at radius 1 is 1.28 bits per heavy atom. The van der Waals surface area contributed by atoms with Crippen LogP contribution in [0.4, 0.5) is 0 Å². The summed E-state index contributed by atoms with van der Waals surface area (Å²) >= 11 is 0. The lowest BCUT2D eigenvalue weighted by atomic mass is 9.78. The molecule has 0 unspecified atom stereocenters. The quantitative estimate of drug-likeness (QED) is 0.548. The van der Waals surface area contributed by atoms with E-state index >= 15 is 0 Å². The number of fused-ring (bicyclic) bond motifs is 4. The fraction of sp³-hybridized carbons (Fsp3) is 0.412. The van der Waals surface area contributed by atoms with E-state index < -0.39 is 30.3 Å². The number of hydrogen-bond acceptors (Lipinski definition) is 7. The van der Waals surface area contributed by atoms with E-state index in [4.69, 9.17) is 9.47 Å². The van der Waals surface area contributed by atoms with Crippen molar-refractivity contribution in [2.75, 3.05) is 6.79 Å². The van der Waals surface area contributed by atoms with Crippen LogP contribution in [0.25, 0.3) is 5.57 Å². The third kappa shape index (κ3) is 2.33. The first-order valence-electron chi connectivity index (χ1n) is 7.90. The monoisotopic (exact) mass is 347 g/mol. The largest absolute Gasteiger partial charge is 0.454 e. The molecular weight excluding hydrogens is 330 g/mol. The van der Waals surface area contributed by atoms with Crippen molar-refractivity contribution in [1.82, 2.24) is 5.32 Å². The van der Waals surface area contributed by atoms with Crippen LogP contribution in [0.15, 0.2) is 12.1 Å². The summed E-state index contributed by atoms with van der Waals surface area (Å²) < 4.78 is 10.8. The Labute approximate surface area is 142 Å². The van der Waals surface area contributed by atoms with Gasteiger partial charge in [-0.15, -0.1) is 0 Å². The van der Waals surface area contributed by atoms with Crippen molar-refractivity contribution >= 4 is 17.3 Å². The molecule has 1 amide bonds. The van der Waals surface area contributed by atoms with Crippen LogP contribution in [0.3, 0.4) is 0 Å². The molecule has 3 aliphatic rings. The van der Waals surface area contributed by atoms with Gasteiger partial charge in [-0.25, -0.2) is 0 Å².